The van der Waals surface area contributed by atoms with Crippen LogP contribution in [-0.2, 0) is 14.3 Å². The molecule has 6 nitrogen and oxygen atoms in total. The molecule has 2 fully saturated rings. The summed E-state index contributed by atoms with van der Waals surface area (Å²) in [6.45, 7) is 7.69. The molecule has 128 valence electrons. The van der Waals surface area contributed by atoms with E-state index in [0.717, 1.165) is 0 Å². The third-order valence-corrected chi connectivity index (χ3v) is 3.91. The van der Waals surface area contributed by atoms with Gasteiger partial charge in [0.15, 0.2) is 0 Å². The Morgan fingerprint density at radius 3 is 2.36 bits per heavy atom. The molecule has 0 aromatic heterocycles. The molecule has 0 saturated carbocycles. The van der Waals surface area contributed by atoms with Gasteiger partial charge in [0.2, 0.25) is 5.67 Å². The number of likely N-dealkylation sites (tertiary alicyclic amines) is 1. The summed E-state index contributed by atoms with van der Waals surface area (Å²) >= 11 is 0. The maximum atomic E-state index is 15.1. The maximum absolute atomic E-state index is 15.1. The van der Waals surface area contributed by atoms with Gasteiger partial charge in [-0.25, -0.2) is 14.0 Å². The van der Waals surface area contributed by atoms with Gasteiger partial charge in [0.05, 0.1) is 12.0 Å². The molecule has 1 amide bonds. The number of hydrogen-bond acceptors (Lipinski definition) is 5. The predicted molar refractivity (Wildman–Crippen MR) is 80.8 cm³/mol. The minimum Gasteiger partial charge on any atom is -0.464 e. The first kappa shape index (κ1) is 19.0. The Hall–Kier alpha value is -1.08. The van der Waals surface area contributed by atoms with Crippen LogP contribution in [0.15, 0.2) is 0 Å². The molecule has 0 aliphatic carbocycles. The van der Waals surface area contributed by atoms with Gasteiger partial charge in [-0.2, -0.15) is 0 Å². The van der Waals surface area contributed by atoms with Crippen LogP contribution in [0.2, 0.25) is 0 Å². The number of rotatable bonds is 2. The molecule has 2 heterocycles. The smallest absolute Gasteiger partial charge is 0.410 e. The fourth-order valence-corrected chi connectivity index (χ4v) is 2.84. The quantitative estimate of drug-likeness (QED) is 0.773. The zero-order valence-electron chi connectivity index (χ0n) is 13.4. The van der Waals surface area contributed by atoms with Gasteiger partial charge in [-0.3, -0.25) is 0 Å². The summed E-state index contributed by atoms with van der Waals surface area (Å²) < 4.78 is 25.1. The second kappa shape index (κ2) is 6.20. The van der Waals surface area contributed by atoms with Crippen LogP contribution in [0.4, 0.5) is 9.18 Å². The summed E-state index contributed by atoms with van der Waals surface area (Å²) in [6, 6.07) is 0. The highest BCUT2D eigenvalue weighted by atomic mass is 35.5. The van der Waals surface area contributed by atoms with Gasteiger partial charge in [0.25, 0.3) is 0 Å². The third-order valence-electron chi connectivity index (χ3n) is 3.91. The van der Waals surface area contributed by atoms with Crippen LogP contribution in [0, 0.1) is 5.41 Å². The molecule has 0 radical (unpaired) electrons. The van der Waals surface area contributed by atoms with Crippen molar-refractivity contribution in [2.24, 2.45) is 5.41 Å². The largest absolute Gasteiger partial charge is 0.464 e. The van der Waals surface area contributed by atoms with Gasteiger partial charge >= 0.3 is 12.1 Å². The van der Waals surface area contributed by atoms with E-state index in [1.54, 1.807) is 27.7 Å². The van der Waals surface area contributed by atoms with E-state index in [2.05, 4.69) is 5.32 Å². The highest BCUT2D eigenvalue weighted by Gasteiger charge is 2.68. The lowest BCUT2D eigenvalue weighted by Crippen LogP contribution is -2.69. The standard InChI is InChI=1S/C14H23FN2O4.ClH/c1-5-20-10(18)14(15)7-16-6-13(14)8-17(9-13)11(19)21-12(2,3)4;/h16H,5-9H2,1-4H3;1H. The number of hydrogen-bond donors (Lipinski definition) is 1. The van der Waals surface area contributed by atoms with Gasteiger partial charge in [0.1, 0.15) is 5.60 Å². The maximum Gasteiger partial charge on any atom is 0.410 e. The number of carbonyl (C=O) groups is 2. The van der Waals surface area contributed by atoms with Crippen molar-refractivity contribution in [1.82, 2.24) is 10.2 Å². The average Bonchev–Trinajstić information content (AvgIpc) is 2.64. The van der Waals surface area contributed by atoms with Gasteiger partial charge in [0, 0.05) is 26.2 Å². The first-order chi connectivity index (χ1) is 9.63. The summed E-state index contributed by atoms with van der Waals surface area (Å²) in [5, 5.41) is 2.90. The molecule has 22 heavy (non-hydrogen) atoms. The second-order valence-corrected chi connectivity index (χ2v) is 6.74. The van der Waals surface area contributed by atoms with Crippen molar-refractivity contribution in [2.45, 2.75) is 39.0 Å². The SMILES string of the molecule is CCOC(=O)C1(F)CNCC12CN(C(=O)OC(C)(C)C)C2.Cl. The van der Waals surface area contributed by atoms with Crippen LogP contribution in [0.25, 0.3) is 0 Å². The van der Waals surface area contributed by atoms with E-state index in [0.29, 0.717) is 6.54 Å². The van der Waals surface area contributed by atoms with E-state index in [9.17, 15) is 9.59 Å². The Bertz CT molecular complexity index is 449. The van der Waals surface area contributed by atoms with Crippen LogP contribution >= 0.6 is 12.4 Å². The van der Waals surface area contributed by atoms with E-state index in [-0.39, 0.29) is 38.6 Å². The third kappa shape index (κ3) is 3.15. The number of nitrogens with one attached hydrogen (secondary N) is 1. The van der Waals surface area contributed by atoms with Crippen molar-refractivity contribution in [1.29, 1.82) is 0 Å². The molecule has 2 aliphatic heterocycles. The van der Waals surface area contributed by atoms with Gasteiger partial charge in [-0.05, 0) is 27.7 Å². The molecule has 8 heteroatoms. The lowest BCUT2D eigenvalue weighted by Gasteiger charge is -2.51. The number of ether oxygens (including phenoxy) is 2. The van der Waals surface area contributed by atoms with Crippen LogP contribution < -0.4 is 5.32 Å². The molecule has 1 N–H and O–H groups in total. The summed E-state index contributed by atoms with van der Waals surface area (Å²) in [4.78, 5) is 25.3. The molecular formula is C14H24ClFN2O4. The predicted octanol–water partition coefficient (Wildman–Crippen LogP) is 1.52. The van der Waals surface area contributed by atoms with Crippen molar-refractivity contribution in [2.75, 3.05) is 32.8 Å². The van der Waals surface area contributed by atoms with E-state index in [4.69, 9.17) is 9.47 Å². The highest BCUT2D eigenvalue weighted by molar-refractivity contribution is 5.85. The molecule has 0 aromatic rings. The van der Waals surface area contributed by atoms with Crippen molar-refractivity contribution in [3.63, 3.8) is 0 Å². The number of carbonyl (C=O) groups excluding carboxylic acids is 2. The highest BCUT2D eigenvalue weighted by Crippen LogP contribution is 2.47. The zero-order chi connectivity index (χ0) is 15.9. The fourth-order valence-electron chi connectivity index (χ4n) is 2.84. The minimum absolute atomic E-state index is 0. The van der Waals surface area contributed by atoms with Crippen molar-refractivity contribution in [3.05, 3.63) is 0 Å². The Labute approximate surface area is 136 Å². The molecule has 2 aliphatic rings. The first-order valence-corrected chi connectivity index (χ1v) is 7.18. The number of halogens is 2. The Balaban J connectivity index is 0.00000242. The van der Waals surface area contributed by atoms with Crippen molar-refractivity contribution in [3.8, 4) is 0 Å². The number of esters is 1. The van der Waals surface area contributed by atoms with Gasteiger partial charge in [-0.1, -0.05) is 0 Å². The summed E-state index contributed by atoms with van der Waals surface area (Å²) in [6.07, 6.45) is -0.480. The van der Waals surface area contributed by atoms with E-state index in [1.807, 2.05) is 0 Å². The van der Waals surface area contributed by atoms with E-state index in [1.165, 1.54) is 4.90 Å². The summed E-state index contributed by atoms with van der Waals surface area (Å²) in [5.74, 6) is -0.848. The zero-order valence-corrected chi connectivity index (χ0v) is 14.2. The molecule has 1 spiro atoms. The fraction of sp³-hybridized carbons (Fsp3) is 0.857. The molecule has 0 bridgehead atoms. The molecule has 2 saturated heterocycles. The average molecular weight is 339 g/mol. The number of nitrogens with zero attached hydrogens (tertiary/aromatic N) is 1. The van der Waals surface area contributed by atoms with Crippen LogP contribution in [0.5, 0.6) is 0 Å². The lowest BCUT2D eigenvalue weighted by atomic mass is 9.69. The number of alkyl halides is 1. The Morgan fingerprint density at radius 1 is 1.27 bits per heavy atom. The summed E-state index contributed by atoms with van der Waals surface area (Å²) in [5.41, 5.74) is -3.58. The van der Waals surface area contributed by atoms with Crippen LogP contribution in [0.3, 0.4) is 0 Å². The van der Waals surface area contributed by atoms with Crippen molar-refractivity contribution < 1.29 is 23.5 Å². The van der Waals surface area contributed by atoms with E-state index < -0.39 is 28.7 Å². The normalized spacial score (nSPS) is 26.1. The monoisotopic (exact) mass is 338 g/mol. The molecule has 2 rings (SSSR count). The number of amides is 1. The minimum atomic E-state index is -2.08. The Kier molecular flexibility index (Phi) is 5.34. The second-order valence-electron chi connectivity index (χ2n) is 6.74. The molecule has 1 unspecified atom stereocenters. The van der Waals surface area contributed by atoms with Gasteiger partial charge in [-0.15, -0.1) is 12.4 Å². The molecular weight excluding hydrogens is 315 g/mol. The van der Waals surface area contributed by atoms with E-state index >= 15 is 4.39 Å². The summed E-state index contributed by atoms with van der Waals surface area (Å²) in [7, 11) is 0. The Morgan fingerprint density at radius 2 is 1.86 bits per heavy atom. The lowest BCUT2D eigenvalue weighted by molar-refractivity contribution is -0.173. The van der Waals surface area contributed by atoms with Gasteiger partial charge < -0.3 is 19.7 Å². The first-order valence-electron chi connectivity index (χ1n) is 7.18. The van der Waals surface area contributed by atoms with Crippen LogP contribution in [-0.4, -0.2) is 61.0 Å². The van der Waals surface area contributed by atoms with Crippen molar-refractivity contribution >= 4 is 24.5 Å². The topological polar surface area (TPSA) is 67.9 Å². The molecule has 0 aromatic carbocycles. The van der Waals surface area contributed by atoms with Crippen LogP contribution in [0.1, 0.15) is 27.7 Å². The molecule has 1 atom stereocenters.